The molecule has 0 radical (unpaired) electrons. The quantitative estimate of drug-likeness (QED) is 0.844. The number of methoxy groups -OCH3 is 3. The summed E-state index contributed by atoms with van der Waals surface area (Å²) >= 11 is 0. The number of allylic oxidation sites excluding steroid dienone is 1. The van der Waals surface area contributed by atoms with Crippen LogP contribution in [0.2, 0.25) is 0 Å². The van der Waals surface area contributed by atoms with Crippen molar-refractivity contribution in [1.82, 2.24) is 9.97 Å². The Labute approximate surface area is 130 Å². The molecular formula is C15H22N4O3. The molecule has 0 aliphatic heterocycles. The van der Waals surface area contributed by atoms with Crippen LogP contribution in [0.5, 0.6) is 0 Å². The lowest BCUT2D eigenvalue weighted by Crippen LogP contribution is -2.30. The van der Waals surface area contributed by atoms with Gasteiger partial charge < -0.3 is 25.7 Å². The predicted molar refractivity (Wildman–Crippen MR) is 83.6 cm³/mol. The molecule has 0 amide bonds. The van der Waals surface area contributed by atoms with Crippen LogP contribution in [-0.4, -0.2) is 37.4 Å². The van der Waals surface area contributed by atoms with Crippen LogP contribution in [0, 0.1) is 5.92 Å². The Bertz CT molecular complexity index is 613. The average molecular weight is 306 g/mol. The maximum Gasteiger partial charge on any atom is 0.221 e. The van der Waals surface area contributed by atoms with E-state index in [9.17, 15) is 0 Å². The van der Waals surface area contributed by atoms with E-state index in [2.05, 4.69) is 16.9 Å². The second kappa shape index (κ2) is 6.65. The Morgan fingerprint density at radius 3 is 2.45 bits per heavy atom. The van der Waals surface area contributed by atoms with Crippen molar-refractivity contribution in [1.29, 1.82) is 0 Å². The van der Waals surface area contributed by atoms with E-state index < -0.39 is 0 Å². The molecule has 0 spiro atoms. The van der Waals surface area contributed by atoms with Crippen LogP contribution in [0.15, 0.2) is 29.4 Å². The molecule has 2 unspecified atom stereocenters. The number of aromatic nitrogens is 2. The first-order valence-electron chi connectivity index (χ1n) is 6.94. The molecule has 2 rings (SSSR count). The minimum Gasteiger partial charge on any atom is -0.494 e. The Morgan fingerprint density at radius 1 is 1.18 bits per heavy atom. The number of hydrogen-bond acceptors (Lipinski definition) is 7. The highest BCUT2D eigenvalue weighted by atomic mass is 16.5. The predicted octanol–water partition coefficient (Wildman–Crippen LogP) is 1.28. The molecular weight excluding hydrogens is 284 g/mol. The SMILES string of the molecule is COC1=C(OC)C(OC)C(C)C(Cc2cnc(N)nc2N)=C1. The number of nitrogens with zero attached hydrogens (tertiary/aromatic N) is 2. The highest BCUT2D eigenvalue weighted by Gasteiger charge is 2.32. The molecule has 4 N–H and O–H groups in total. The summed E-state index contributed by atoms with van der Waals surface area (Å²) in [6.45, 7) is 2.07. The maximum atomic E-state index is 5.91. The third-order valence-electron chi connectivity index (χ3n) is 3.86. The fourth-order valence-corrected chi connectivity index (χ4v) is 2.62. The molecule has 1 aromatic rings. The van der Waals surface area contributed by atoms with Gasteiger partial charge in [-0.3, -0.25) is 0 Å². The van der Waals surface area contributed by atoms with Crippen LogP contribution in [0.1, 0.15) is 12.5 Å². The summed E-state index contributed by atoms with van der Waals surface area (Å²) in [6.07, 6.45) is 3.98. The summed E-state index contributed by atoms with van der Waals surface area (Å²) in [5.74, 6) is 1.99. The van der Waals surface area contributed by atoms with Gasteiger partial charge in [0.15, 0.2) is 11.5 Å². The van der Waals surface area contributed by atoms with Gasteiger partial charge in [0.1, 0.15) is 11.9 Å². The normalized spacial score (nSPS) is 21.5. The lowest BCUT2D eigenvalue weighted by molar-refractivity contribution is 0.0391. The first-order chi connectivity index (χ1) is 10.5. The second-order valence-electron chi connectivity index (χ2n) is 5.12. The maximum absolute atomic E-state index is 5.91. The zero-order valence-corrected chi connectivity index (χ0v) is 13.3. The van der Waals surface area contributed by atoms with Gasteiger partial charge in [-0.2, -0.15) is 4.98 Å². The molecule has 1 heterocycles. The molecule has 0 saturated heterocycles. The second-order valence-corrected chi connectivity index (χ2v) is 5.12. The van der Waals surface area contributed by atoms with E-state index in [0.29, 0.717) is 23.8 Å². The molecule has 0 aromatic carbocycles. The molecule has 0 saturated carbocycles. The highest BCUT2D eigenvalue weighted by molar-refractivity contribution is 5.45. The van der Waals surface area contributed by atoms with E-state index in [-0.39, 0.29) is 18.0 Å². The lowest BCUT2D eigenvalue weighted by atomic mass is 9.85. The van der Waals surface area contributed by atoms with Crippen molar-refractivity contribution in [2.75, 3.05) is 32.8 Å². The molecule has 7 heteroatoms. The van der Waals surface area contributed by atoms with Crippen LogP contribution < -0.4 is 11.5 Å². The van der Waals surface area contributed by atoms with Crippen LogP contribution in [0.4, 0.5) is 11.8 Å². The third-order valence-corrected chi connectivity index (χ3v) is 3.86. The van der Waals surface area contributed by atoms with Gasteiger partial charge in [0.05, 0.1) is 14.2 Å². The van der Waals surface area contributed by atoms with Crippen molar-refractivity contribution in [2.45, 2.75) is 19.4 Å². The Morgan fingerprint density at radius 2 is 1.91 bits per heavy atom. The van der Waals surface area contributed by atoms with E-state index in [1.165, 1.54) is 0 Å². The monoisotopic (exact) mass is 306 g/mol. The molecule has 22 heavy (non-hydrogen) atoms. The Balaban J connectivity index is 2.37. The van der Waals surface area contributed by atoms with Crippen molar-refractivity contribution in [2.24, 2.45) is 5.92 Å². The smallest absolute Gasteiger partial charge is 0.221 e. The zero-order valence-electron chi connectivity index (χ0n) is 13.3. The first-order valence-corrected chi connectivity index (χ1v) is 6.94. The molecule has 7 nitrogen and oxygen atoms in total. The molecule has 1 aromatic heterocycles. The van der Waals surface area contributed by atoms with Crippen molar-refractivity contribution in [3.63, 3.8) is 0 Å². The number of ether oxygens (including phenoxy) is 3. The number of nitrogens with two attached hydrogens (primary N) is 2. The third kappa shape index (κ3) is 2.99. The number of anilines is 2. The fraction of sp³-hybridized carbons (Fsp3) is 0.467. The molecule has 120 valence electrons. The van der Waals surface area contributed by atoms with E-state index in [1.54, 1.807) is 27.5 Å². The van der Waals surface area contributed by atoms with E-state index in [4.69, 9.17) is 25.7 Å². The first kappa shape index (κ1) is 16.1. The molecule has 2 atom stereocenters. The Kier molecular flexibility index (Phi) is 4.87. The van der Waals surface area contributed by atoms with Gasteiger partial charge in [0, 0.05) is 24.8 Å². The fourth-order valence-electron chi connectivity index (χ4n) is 2.62. The molecule has 0 bridgehead atoms. The van der Waals surface area contributed by atoms with Crippen molar-refractivity contribution in [3.8, 4) is 0 Å². The minimum atomic E-state index is -0.212. The van der Waals surface area contributed by atoms with Crippen LogP contribution in [0.3, 0.4) is 0 Å². The van der Waals surface area contributed by atoms with Crippen molar-refractivity contribution in [3.05, 3.63) is 34.9 Å². The summed E-state index contributed by atoms with van der Waals surface area (Å²) in [5.41, 5.74) is 13.4. The standard InChI is InChI=1S/C15H22N4O3/c1-8-9(5-10-7-18-15(17)19-14(10)16)6-11(20-2)13(22-4)12(8)21-3/h6-8,12H,5H2,1-4H3,(H4,16,17,18,19). The van der Waals surface area contributed by atoms with Gasteiger partial charge in [-0.1, -0.05) is 12.5 Å². The summed E-state index contributed by atoms with van der Waals surface area (Å²) in [5, 5.41) is 0. The summed E-state index contributed by atoms with van der Waals surface area (Å²) in [7, 11) is 4.86. The van der Waals surface area contributed by atoms with Gasteiger partial charge in [0.2, 0.25) is 5.95 Å². The van der Waals surface area contributed by atoms with Gasteiger partial charge >= 0.3 is 0 Å². The van der Waals surface area contributed by atoms with Crippen LogP contribution >= 0.6 is 0 Å². The van der Waals surface area contributed by atoms with Crippen LogP contribution in [-0.2, 0) is 20.6 Å². The minimum absolute atomic E-state index is 0.107. The van der Waals surface area contributed by atoms with Gasteiger partial charge in [-0.15, -0.1) is 0 Å². The van der Waals surface area contributed by atoms with Crippen molar-refractivity contribution >= 4 is 11.8 Å². The number of hydrogen-bond donors (Lipinski definition) is 2. The molecule has 0 fully saturated rings. The largest absolute Gasteiger partial charge is 0.494 e. The highest BCUT2D eigenvalue weighted by Crippen LogP contribution is 2.34. The number of rotatable bonds is 5. The van der Waals surface area contributed by atoms with Crippen molar-refractivity contribution < 1.29 is 14.2 Å². The summed E-state index contributed by atoms with van der Waals surface area (Å²) in [4.78, 5) is 7.99. The number of nitrogen functional groups attached to an aromatic ring is 2. The van der Waals surface area contributed by atoms with E-state index >= 15 is 0 Å². The molecule has 1 aliphatic carbocycles. The van der Waals surface area contributed by atoms with E-state index in [0.717, 1.165) is 11.1 Å². The van der Waals surface area contributed by atoms with Crippen LogP contribution in [0.25, 0.3) is 0 Å². The Hall–Kier alpha value is -2.28. The lowest BCUT2D eigenvalue weighted by Gasteiger charge is -2.31. The summed E-state index contributed by atoms with van der Waals surface area (Å²) in [6, 6.07) is 0. The topological polar surface area (TPSA) is 106 Å². The molecule has 1 aliphatic rings. The summed E-state index contributed by atoms with van der Waals surface area (Å²) < 4.78 is 16.4. The van der Waals surface area contributed by atoms with Gasteiger partial charge in [-0.25, -0.2) is 4.98 Å². The van der Waals surface area contributed by atoms with E-state index in [1.807, 2.05) is 6.08 Å². The van der Waals surface area contributed by atoms with Gasteiger partial charge in [0.25, 0.3) is 0 Å². The average Bonchev–Trinajstić information content (AvgIpc) is 2.50. The zero-order chi connectivity index (χ0) is 16.3. The van der Waals surface area contributed by atoms with Gasteiger partial charge in [-0.05, 0) is 12.5 Å².